The first-order valence-electron chi connectivity index (χ1n) is 5.61. The summed E-state index contributed by atoms with van der Waals surface area (Å²) in [7, 11) is 0. The standard InChI is InChI=1S/C11H17N5O/c1-2-13-6-10-7-16(9-15-10)8-11(17)14-5-3-4-12/h7,9,13H,2-3,5-6,8H2,1H3,(H,14,17). The van der Waals surface area contributed by atoms with Crippen LogP contribution in [0.15, 0.2) is 12.5 Å². The first-order valence-corrected chi connectivity index (χ1v) is 5.61. The van der Waals surface area contributed by atoms with Gasteiger partial charge in [0.2, 0.25) is 5.91 Å². The van der Waals surface area contributed by atoms with E-state index in [0.29, 0.717) is 19.5 Å². The van der Waals surface area contributed by atoms with Crippen LogP contribution in [0.1, 0.15) is 19.0 Å². The van der Waals surface area contributed by atoms with Crippen molar-refractivity contribution in [3.8, 4) is 6.07 Å². The predicted octanol–water partition coefficient (Wildman–Crippen LogP) is 0.0225. The number of nitriles is 1. The fourth-order valence-corrected chi connectivity index (χ4v) is 1.32. The van der Waals surface area contributed by atoms with Crippen LogP contribution < -0.4 is 10.6 Å². The molecule has 2 N–H and O–H groups in total. The van der Waals surface area contributed by atoms with Crippen molar-refractivity contribution in [2.75, 3.05) is 13.1 Å². The molecule has 0 aromatic carbocycles. The normalized spacial score (nSPS) is 9.88. The van der Waals surface area contributed by atoms with E-state index in [9.17, 15) is 4.79 Å². The third kappa shape index (κ3) is 5.13. The number of nitrogens with zero attached hydrogens (tertiary/aromatic N) is 3. The summed E-state index contributed by atoms with van der Waals surface area (Å²) in [6.45, 7) is 4.26. The van der Waals surface area contributed by atoms with Crippen molar-refractivity contribution < 1.29 is 4.79 Å². The van der Waals surface area contributed by atoms with Crippen LogP contribution in [0.4, 0.5) is 0 Å². The Morgan fingerprint density at radius 2 is 2.47 bits per heavy atom. The lowest BCUT2D eigenvalue weighted by molar-refractivity contribution is -0.121. The zero-order valence-corrected chi connectivity index (χ0v) is 9.94. The van der Waals surface area contributed by atoms with Gasteiger partial charge < -0.3 is 15.2 Å². The number of imidazole rings is 1. The minimum atomic E-state index is -0.104. The maximum atomic E-state index is 11.4. The fraction of sp³-hybridized carbons (Fsp3) is 0.545. The van der Waals surface area contributed by atoms with Crippen LogP contribution in [0.2, 0.25) is 0 Å². The van der Waals surface area contributed by atoms with Crippen LogP contribution in [0.25, 0.3) is 0 Å². The minimum Gasteiger partial charge on any atom is -0.354 e. The van der Waals surface area contributed by atoms with E-state index in [1.807, 2.05) is 19.2 Å². The zero-order valence-electron chi connectivity index (χ0n) is 9.94. The molecule has 0 aliphatic carbocycles. The largest absolute Gasteiger partial charge is 0.354 e. The Bertz CT molecular complexity index is 393. The quantitative estimate of drug-likeness (QED) is 0.653. The van der Waals surface area contributed by atoms with Crippen molar-refractivity contribution >= 4 is 5.91 Å². The SMILES string of the molecule is CCNCc1cn(CC(=O)NCCC#N)cn1. The van der Waals surface area contributed by atoms with Gasteiger partial charge in [0.25, 0.3) is 0 Å². The van der Waals surface area contributed by atoms with Crippen molar-refractivity contribution in [3.63, 3.8) is 0 Å². The lowest BCUT2D eigenvalue weighted by Crippen LogP contribution is -2.27. The molecule has 1 aromatic rings. The first kappa shape index (κ1) is 13.2. The van der Waals surface area contributed by atoms with Crippen molar-refractivity contribution in [2.24, 2.45) is 0 Å². The predicted molar refractivity (Wildman–Crippen MR) is 62.8 cm³/mol. The number of carbonyl (C=O) groups is 1. The molecule has 0 bridgehead atoms. The topological polar surface area (TPSA) is 82.7 Å². The molecule has 17 heavy (non-hydrogen) atoms. The number of amides is 1. The summed E-state index contributed by atoms with van der Waals surface area (Å²) in [6.07, 6.45) is 3.81. The maximum absolute atomic E-state index is 11.4. The number of nitrogens with one attached hydrogen (secondary N) is 2. The molecule has 0 unspecified atom stereocenters. The molecule has 0 fully saturated rings. The average molecular weight is 235 g/mol. The van der Waals surface area contributed by atoms with Gasteiger partial charge in [-0.1, -0.05) is 6.92 Å². The second-order valence-electron chi connectivity index (χ2n) is 3.58. The van der Waals surface area contributed by atoms with Gasteiger partial charge in [-0.25, -0.2) is 4.98 Å². The Balaban J connectivity index is 2.33. The zero-order chi connectivity index (χ0) is 12.5. The van der Waals surface area contributed by atoms with Crippen LogP contribution >= 0.6 is 0 Å². The van der Waals surface area contributed by atoms with Gasteiger partial charge in [-0.3, -0.25) is 4.79 Å². The molecule has 1 amide bonds. The smallest absolute Gasteiger partial charge is 0.240 e. The van der Waals surface area contributed by atoms with Crippen LogP contribution in [-0.4, -0.2) is 28.5 Å². The molecular weight excluding hydrogens is 218 g/mol. The summed E-state index contributed by atoms with van der Waals surface area (Å²) in [5.74, 6) is -0.104. The van der Waals surface area contributed by atoms with Gasteiger partial charge in [0.1, 0.15) is 6.54 Å². The second-order valence-corrected chi connectivity index (χ2v) is 3.58. The molecule has 1 rings (SSSR count). The van der Waals surface area contributed by atoms with E-state index in [-0.39, 0.29) is 12.5 Å². The van der Waals surface area contributed by atoms with Crippen LogP contribution in [0.3, 0.4) is 0 Å². The molecule has 0 spiro atoms. The third-order valence-electron chi connectivity index (χ3n) is 2.13. The van der Waals surface area contributed by atoms with Gasteiger partial charge in [-0.05, 0) is 6.54 Å². The summed E-state index contributed by atoms with van der Waals surface area (Å²) in [6, 6.07) is 1.97. The Kier molecular flexibility index (Phi) is 5.75. The van der Waals surface area contributed by atoms with Gasteiger partial charge in [0, 0.05) is 19.3 Å². The van der Waals surface area contributed by atoms with E-state index in [1.165, 1.54) is 0 Å². The highest BCUT2D eigenvalue weighted by atomic mass is 16.1. The highest BCUT2D eigenvalue weighted by Gasteiger charge is 2.03. The average Bonchev–Trinajstić information content (AvgIpc) is 2.74. The monoisotopic (exact) mass is 235 g/mol. The molecule has 0 atom stereocenters. The van der Waals surface area contributed by atoms with E-state index < -0.39 is 0 Å². The molecule has 0 saturated carbocycles. The second kappa shape index (κ2) is 7.41. The maximum Gasteiger partial charge on any atom is 0.240 e. The molecule has 6 nitrogen and oxygen atoms in total. The highest BCUT2D eigenvalue weighted by molar-refractivity contribution is 5.75. The Hall–Kier alpha value is -1.87. The third-order valence-corrected chi connectivity index (χ3v) is 2.13. The van der Waals surface area contributed by atoms with E-state index >= 15 is 0 Å². The molecular formula is C11H17N5O. The Morgan fingerprint density at radius 1 is 1.65 bits per heavy atom. The number of rotatable bonds is 7. The van der Waals surface area contributed by atoms with Gasteiger partial charge in [0.05, 0.1) is 24.5 Å². The lowest BCUT2D eigenvalue weighted by Gasteiger charge is -2.02. The highest BCUT2D eigenvalue weighted by Crippen LogP contribution is 1.95. The Labute approximate surface area is 101 Å². The number of aromatic nitrogens is 2. The van der Waals surface area contributed by atoms with Crippen LogP contribution in [0, 0.1) is 11.3 Å². The van der Waals surface area contributed by atoms with Crippen molar-refractivity contribution in [1.82, 2.24) is 20.2 Å². The van der Waals surface area contributed by atoms with Gasteiger partial charge in [-0.2, -0.15) is 5.26 Å². The molecule has 0 aliphatic rings. The van der Waals surface area contributed by atoms with E-state index in [0.717, 1.165) is 12.2 Å². The lowest BCUT2D eigenvalue weighted by atomic mass is 10.4. The molecule has 92 valence electrons. The molecule has 0 aliphatic heterocycles. The van der Waals surface area contributed by atoms with Crippen molar-refractivity contribution in [3.05, 3.63) is 18.2 Å². The van der Waals surface area contributed by atoms with Crippen LogP contribution in [0.5, 0.6) is 0 Å². The Morgan fingerprint density at radius 3 is 3.18 bits per heavy atom. The minimum absolute atomic E-state index is 0.104. The number of carbonyl (C=O) groups excluding carboxylic acids is 1. The van der Waals surface area contributed by atoms with E-state index in [1.54, 1.807) is 10.9 Å². The summed E-state index contributed by atoms with van der Waals surface area (Å²) in [5, 5.41) is 14.2. The van der Waals surface area contributed by atoms with Gasteiger partial charge in [0.15, 0.2) is 0 Å². The van der Waals surface area contributed by atoms with Gasteiger partial charge >= 0.3 is 0 Å². The molecule has 1 heterocycles. The van der Waals surface area contributed by atoms with Crippen molar-refractivity contribution in [1.29, 1.82) is 5.26 Å². The summed E-state index contributed by atoms with van der Waals surface area (Å²) >= 11 is 0. The molecule has 6 heteroatoms. The fourth-order valence-electron chi connectivity index (χ4n) is 1.32. The van der Waals surface area contributed by atoms with Crippen LogP contribution in [-0.2, 0) is 17.9 Å². The molecule has 0 radical (unpaired) electrons. The summed E-state index contributed by atoms with van der Waals surface area (Å²) in [4.78, 5) is 15.6. The van der Waals surface area contributed by atoms with Crippen molar-refractivity contribution in [2.45, 2.75) is 26.4 Å². The van der Waals surface area contributed by atoms with E-state index in [4.69, 9.17) is 5.26 Å². The summed E-state index contributed by atoms with van der Waals surface area (Å²) in [5.41, 5.74) is 0.914. The number of hydrogen-bond acceptors (Lipinski definition) is 4. The molecule has 1 aromatic heterocycles. The van der Waals surface area contributed by atoms with E-state index in [2.05, 4.69) is 15.6 Å². The molecule has 0 saturated heterocycles. The van der Waals surface area contributed by atoms with Gasteiger partial charge in [-0.15, -0.1) is 0 Å². The summed E-state index contributed by atoms with van der Waals surface area (Å²) < 4.78 is 1.73. The number of hydrogen-bond donors (Lipinski definition) is 2. The first-order chi connectivity index (χ1) is 8.26.